The summed E-state index contributed by atoms with van der Waals surface area (Å²) in [6.45, 7) is 20.0. The molecule has 0 fully saturated rings. The van der Waals surface area contributed by atoms with Crippen LogP contribution in [0.4, 0.5) is 4.39 Å². The second-order valence-corrected chi connectivity index (χ2v) is 17.9. The van der Waals surface area contributed by atoms with Crippen LogP contribution in [0.1, 0.15) is 41.5 Å². The molecule has 0 rings (SSSR count). The first-order valence-electron chi connectivity index (χ1n) is 7.28. The Balaban J connectivity index is 5.15. The second-order valence-electron chi connectivity index (χ2n) is 8.49. The van der Waals surface area contributed by atoms with Crippen LogP contribution < -0.4 is 0 Å². The molecule has 0 heterocycles. The van der Waals surface area contributed by atoms with Crippen LogP contribution in [0.15, 0.2) is 12.1 Å². The van der Waals surface area contributed by atoms with Crippen molar-refractivity contribution in [1.82, 2.24) is 0 Å². The molecule has 6 heteroatoms. The van der Waals surface area contributed by atoms with Gasteiger partial charge in [-0.15, -0.1) is 0 Å². The monoisotopic (exact) mass is 334 g/mol. The Morgan fingerprint density at radius 3 is 1.48 bits per heavy atom. The Hall–Kier alpha value is -0.626. The summed E-state index contributed by atoms with van der Waals surface area (Å²) in [6.07, 6.45) is 0.232. The Kier molecular flexibility index (Phi) is 6.05. The van der Waals surface area contributed by atoms with Gasteiger partial charge < -0.3 is 8.85 Å². The number of hydrogen-bond donors (Lipinski definition) is 0. The van der Waals surface area contributed by atoms with E-state index in [1.54, 1.807) is 0 Å². The molecule has 0 spiro atoms. The van der Waals surface area contributed by atoms with Gasteiger partial charge in [-0.05, 0) is 36.3 Å². The molecule has 3 nitrogen and oxygen atoms in total. The average Bonchev–Trinajstić information content (AvgIpc) is 2.21. The molecule has 0 atom stereocenters. The smallest absolute Gasteiger partial charge is 0.361 e. The first kappa shape index (κ1) is 20.4. The quantitative estimate of drug-likeness (QED) is 0.394. The number of carbonyl (C=O) groups excluding carboxylic acids is 1. The van der Waals surface area contributed by atoms with Crippen molar-refractivity contribution in [3.63, 3.8) is 0 Å². The van der Waals surface area contributed by atoms with Crippen LogP contribution in [-0.4, -0.2) is 22.6 Å². The maximum atomic E-state index is 13.1. The summed E-state index contributed by atoms with van der Waals surface area (Å²) < 4.78 is 24.5. The van der Waals surface area contributed by atoms with Gasteiger partial charge in [0.15, 0.2) is 0 Å². The molecule has 0 radical (unpaired) electrons. The van der Waals surface area contributed by atoms with E-state index in [1.807, 2.05) is 67.7 Å². The van der Waals surface area contributed by atoms with Gasteiger partial charge >= 0.3 is 5.97 Å². The second kappa shape index (κ2) is 6.24. The fourth-order valence-electron chi connectivity index (χ4n) is 0.972. The van der Waals surface area contributed by atoms with E-state index in [-0.39, 0.29) is 22.2 Å². The number of hydrogen-bond acceptors (Lipinski definition) is 3. The molecule has 0 bridgehead atoms. The highest BCUT2D eigenvalue weighted by molar-refractivity contribution is 6.76. The molecule has 0 aromatic carbocycles. The van der Waals surface area contributed by atoms with E-state index < -0.39 is 22.6 Å². The van der Waals surface area contributed by atoms with Crippen molar-refractivity contribution in [3.8, 4) is 0 Å². The van der Waals surface area contributed by atoms with E-state index in [0.717, 1.165) is 0 Å². The predicted molar refractivity (Wildman–Crippen MR) is 90.8 cm³/mol. The maximum Gasteiger partial charge on any atom is 0.361 e. The first-order chi connectivity index (χ1) is 9.05. The van der Waals surface area contributed by atoms with Crippen molar-refractivity contribution in [2.24, 2.45) is 0 Å². The minimum atomic E-state index is -2.29. The van der Waals surface area contributed by atoms with E-state index in [4.69, 9.17) is 8.85 Å². The van der Waals surface area contributed by atoms with Crippen LogP contribution in [0.25, 0.3) is 0 Å². The van der Waals surface area contributed by atoms with Crippen molar-refractivity contribution in [1.29, 1.82) is 0 Å². The van der Waals surface area contributed by atoms with Crippen molar-refractivity contribution in [2.75, 3.05) is 0 Å². The number of halogens is 1. The molecule has 0 unspecified atom stereocenters. The molecule has 21 heavy (non-hydrogen) atoms. The van der Waals surface area contributed by atoms with Crippen LogP contribution >= 0.6 is 0 Å². The molecule has 0 aliphatic rings. The number of rotatable bonds is 4. The highest BCUT2D eigenvalue weighted by Gasteiger charge is 2.44. The maximum absolute atomic E-state index is 13.1. The van der Waals surface area contributed by atoms with Gasteiger partial charge in [0.05, 0.1) is 0 Å². The van der Waals surface area contributed by atoms with Crippen molar-refractivity contribution in [3.05, 3.63) is 12.1 Å². The molecule has 0 aliphatic carbocycles. The predicted octanol–water partition coefficient (Wildman–Crippen LogP) is 5.37. The summed E-state index contributed by atoms with van der Waals surface area (Å²) in [7, 11) is -4.56. The third-order valence-electron chi connectivity index (χ3n) is 4.63. The third-order valence-corrected chi connectivity index (χ3v) is 13.3. The minimum Gasteiger partial charge on any atom is -0.537 e. The van der Waals surface area contributed by atoms with E-state index >= 15 is 0 Å². The Morgan fingerprint density at radius 1 is 0.857 bits per heavy atom. The Morgan fingerprint density at radius 2 is 1.19 bits per heavy atom. The molecular formula is C15H31FO3Si2. The Bertz CT molecular complexity index is 416. The average molecular weight is 335 g/mol. The van der Waals surface area contributed by atoms with Crippen molar-refractivity contribution < 1.29 is 18.0 Å². The zero-order valence-corrected chi connectivity index (χ0v) is 17.2. The molecule has 124 valence electrons. The van der Waals surface area contributed by atoms with Crippen LogP contribution in [0, 0.1) is 0 Å². The summed E-state index contributed by atoms with van der Waals surface area (Å²) in [5.74, 6) is -0.986. The van der Waals surface area contributed by atoms with Gasteiger partial charge in [-0.3, -0.25) is 0 Å². The Labute approximate surface area is 131 Å². The fourth-order valence-corrected chi connectivity index (χ4v) is 2.83. The van der Waals surface area contributed by atoms with E-state index in [0.29, 0.717) is 0 Å². The molecule has 0 saturated heterocycles. The zero-order valence-electron chi connectivity index (χ0n) is 15.2. The molecule has 0 N–H and O–H groups in total. The largest absolute Gasteiger partial charge is 0.537 e. The summed E-state index contributed by atoms with van der Waals surface area (Å²) in [5, 5.41) is -0.237. The molecule has 0 aromatic heterocycles. The van der Waals surface area contributed by atoms with E-state index in [1.165, 1.54) is 0 Å². The van der Waals surface area contributed by atoms with Gasteiger partial charge in [-0.25, -0.2) is 9.18 Å². The molecule has 0 aliphatic heterocycles. The SMILES string of the molecule is CC(C)(C)[Si](C)(C)OC(=O)/C(=C/F)O[Si](C)(C)C(C)(C)C. The molecule has 0 amide bonds. The van der Waals surface area contributed by atoms with Crippen LogP contribution in [0.2, 0.25) is 36.3 Å². The van der Waals surface area contributed by atoms with Crippen LogP contribution in [0.5, 0.6) is 0 Å². The lowest BCUT2D eigenvalue weighted by atomic mass is 10.2. The lowest BCUT2D eigenvalue weighted by Gasteiger charge is -2.38. The molecular weight excluding hydrogens is 303 g/mol. The zero-order chi connectivity index (χ0) is 17.3. The van der Waals surface area contributed by atoms with Crippen LogP contribution in [-0.2, 0) is 13.6 Å². The standard InChI is InChI=1S/C15H31FO3Si2/c1-14(2,3)20(7,8)18-12(11-16)13(17)19-21(9,10)15(4,5)6/h11H,1-10H3/b12-11-. The van der Waals surface area contributed by atoms with Crippen molar-refractivity contribution in [2.45, 2.75) is 77.8 Å². The van der Waals surface area contributed by atoms with Gasteiger partial charge in [-0.1, -0.05) is 41.5 Å². The van der Waals surface area contributed by atoms with E-state index in [2.05, 4.69) is 0 Å². The van der Waals surface area contributed by atoms with E-state index in [9.17, 15) is 9.18 Å². The topological polar surface area (TPSA) is 35.5 Å². The number of carbonyl (C=O) groups is 1. The van der Waals surface area contributed by atoms with Gasteiger partial charge in [0, 0.05) is 0 Å². The van der Waals surface area contributed by atoms with Gasteiger partial charge in [0.25, 0.3) is 16.6 Å². The first-order valence-corrected chi connectivity index (χ1v) is 13.1. The third kappa shape index (κ3) is 5.25. The lowest BCUT2D eigenvalue weighted by Crippen LogP contribution is -2.45. The highest BCUT2D eigenvalue weighted by atomic mass is 28.4. The van der Waals surface area contributed by atoms with Crippen molar-refractivity contribution >= 4 is 22.6 Å². The van der Waals surface area contributed by atoms with Gasteiger partial charge in [0.1, 0.15) is 6.33 Å². The minimum absolute atomic E-state index is 0.113. The lowest BCUT2D eigenvalue weighted by molar-refractivity contribution is -0.133. The molecule has 0 aromatic rings. The summed E-state index contributed by atoms with van der Waals surface area (Å²) in [4.78, 5) is 12.2. The molecule has 0 saturated carbocycles. The van der Waals surface area contributed by atoms with Gasteiger partial charge in [0.2, 0.25) is 5.76 Å². The fraction of sp³-hybridized carbons (Fsp3) is 0.800. The van der Waals surface area contributed by atoms with Gasteiger partial charge in [-0.2, -0.15) is 0 Å². The summed E-state index contributed by atoms with van der Waals surface area (Å²) in [6, 6.07) is 0. The normalized spacial score (nSPS) is 14.9. The summed E-state index contributed by atoms with van der Waals surface area (Å²) >= 11 is 0. The summed E-state index contributed by atoms with van der Waals surface area (Å²) in [5.41, 5.74) is 0. The highest BCUT2D eigenvalue weighted by Crippen LogP contribution is 2.39. The van der Waals surface area contributed by atoms with Crippen LogP contribution in [0.3, 0.4) is 0 Å².